The van der Waals surface area contributed by atoms with Gasteiger partial charge < -0.3 is 5.11 Å². The minimum Gasteiger partial charge on any atom is -0.392 e. The van der Waals surface area contributed by atoms with Crippen LogP contribution < -0.4 is 0 Å². The fourth-order valence-corrected chi connectivity index (χ4v) is 2.67. The highest BCUT2D eigenvalue weighted by molar-refractivity contribution is 7.10. The summed E-state index contributed by atoms with van der Waals surface area (Å²) in [6, 6.07) is 2.13. The van der Waals surface area contributed by atoms with Gasteiger partial charge in [0.2, 0.25) is 0 Å². The first-order valence-corrected chi connectivity index (χ1v) is 4.89. The monoisotopic (exact) mass is 168 g/mol. The van der Waals surface area contributed by atoms with E-state index in [1.165, 1.54) is 16.9 Å². The number of hydrogen-bond donors (Lipinski definition) is 1. The first-order chi connectivity index (χ1) is 5.29. The second kappa shape index (κ2) is 2.61. The Morgan fingerprint density at radius 2 is 2.36 bits per heavy atom. The minimum absolute atomic E-state index is 0.0626. The first kappa shape index (κ1) is 7.32. The molecule has 1 aromatic rings. The molecule has 1 nitrogen and oxygen atoms in total. The van der Waals surface area contributed by atoms with E-state index in [1.807, 2.05) is 0 Å². The molecule has 11 heavy (non-hydrogen) atoms. The van der Waals surface area contributed by atoms with Gasteiger partial charge in [-0.3, -0.25) is 0 Å². The van der Waals surface area contributed by atoms with Gasteiger partial charge in [-0.2, -0.15) is 0 Å². The van der Waals surface area contributed by atoms with Gasteiger partial charge >= 0.3 is 0 Å². The average molecular weight is 168 g/mol. The highest BCUT2D eigenvalue weighted by atomic mass is 32.1. The van der Waals surface area contributed by atoms with Crippen molar-refractivity contribution in [1.82, 2.24) is 0 Å². The van der Waals surface area contributed by atoms with E-state index in [4.69, 9.17) is 0 Å². The highest BCUT2D eigenvalue weighted by Crippen LogP contribution is 2.40. The number of thiophene rings is 1. The lowest BCUT2D eigenvalue weighted by molar-refractivity contribution is 0.0674. The molecule has 60 valence electrons. The van der Waals surface area contributed by atoms with Crippen molar-refractivity contribution in [3.63, 3.8) is 0 Å². The zero-order valence-electron chi connectivity index (χ0n) is 6.58. The largest absolute Gasteiger partial charge is 0.392 e. The van der Waals surface area contributed by atoms with Crippen molar-refractivity contribution in [2.75, 3.05) is 0 Å². The van der Waals surface area contributed by atoms with Gasteiger partial charge in [0.05, 0.1) is 6.10 Å². The van der Waals surface area contributed by atoms with Gasteiger partial charge in [0.25, 0.3) is 0 Å². The van der Waals surface area contributed by atoms with E-state index in [9.17, 15) is 5.11 Å². The molecule has 0 amide bonds. The van der Waals surface area contributed by atoms with E-state index in [2.05, 4.69) is 18.4 Å². The van der Waals surface area contributed by atoms with Crippen LogP contribution in [0.5, 0.6) is 0 Å². The molecule has 1 heterocycles. The van der Waals surface area contributed by atoms with E-state index >= 15 is 0 Å². The molecule has 0 aliphatic heterocycles. The number of hydrogen-bond acceptors (Lipinski definition) is 2. The van der Waals surface area contributed by atoms with Crippen LogP contribution in [0.1, 0.15) is 29.2 Å². The maximum atomic E-state index is 9.41. The normalized spacial score (nSPS) is 30.0. The molecule has 1 fully saturated rings. The van der Waals surface area contributed by atoms with Crippen LogP contribution in [-0.2, 0) is 0 Å². The van der Waals surface area contributed by atoms with Crippen LogP contribution in [0.4, 0.5) is 0 Å². The first-order valence-electron chi connectivity index (χ1n) is 4.01. The molecule has 1 N–H and O–H groups in total. The molecule has 1 aromatic heterocycles. The SMILES string of the molecule is Cc1ccsc1C1CCC1O. The molecular weight excluding hydrogens is 156 g/mol. The predicted molar refractivity (Wildman–Crippen MR) is 47.0 cm³/mol. The molecule has 2 unspecified atom stereocenters. The molecule has 0 bridgehead atoms. The van der Waals surface area contributed by atoms with Crippen molar-refractivity contribution in [3.05, 3.63) is 21.9 Å². The van der Waals surface area contributed by atoms with Crippen molar-refractivity contribution >= 4 is 11.3 Å². The molecular formula is C9H12OS. The lowest BCUT2D eigenvalue weighted by Crippen LogP contribution is -2.28. The summed E-state index contributed by atoms with van der Waals surface area (Å²) in [5, 5.41) is 11.5. The maximum absolute atomic E-state index is 9.41. The average Bonchev–Trinajstić information content (AvgIpc) is 2.34. The van der Waals surface area contributed by atoms with Gasteiger partial charge in [0.1, 0.15) is 0 Å². The van der Waals surface area contributed by atoms with E-state index in [-0.39, 0.29) is 6.10 Å². The van der Waals surface area contributed by atoms with Crippen LogP contribution in [-0.4, -0.2) is 11.2 Å². The van der Waals surface area contributed by atoms with E-state index in [1.54, 1.807) is 11.3 Å². The van der Waals surface area contributed by atoms with Gasteiger partial charge in [-0.25, -0.2) is 0 Å². The summed E-state index contributed by atoms with van der Waals surface area (Å²) in [5.41, 5.74) is 1.35. The Morgan fingerprint density at radius 3 is 2.73 bits per heavy atom. The second-order valence-corrected chi connectivity index (χ2v) is 4.17. The molecule has 0 radical (unpaired) electrons. The van der Waals surface area contributed by atoms with Crippen molar-refractivity contribution in [1.29, 1.82) is 0 Å². The Kier molecular flexibility index (Phi) is 1.74. The summed E-state index contributed by atoms with van der Waals surface area (Å²) >= 11 is 1.78. The van der Waals surface area contributed by atoms with E-state index in [0.29, 0.717) is 5.92 Å². The fourth-order valence-electron chi connectivity index (χ4n) is 1.55. The summed E-state index contributed by atoms with van der Waals surface area (Å²) in [6.45, 7) is 2.12. The van der Waals surface area contributed by atoms with Crippen LogP contribution in [0.25, 0.3) is 0 Å². The standard InChI is InChI=1S/C9H12OS/c1-6-4-5-11-9(6)7-2-3-8(7)10/h4-5,7-8,10H,2-3H2,1H3. The Labute approximate surface area is 70.7 Å². The molecule has 0 spiro atoms. The summed E-state index contributed by atoms with van der Waals surface area (Å²) in [7, 11) is 0. The van der Waals surface area contributed by atoms with Crippen molar-refractivity contribution < 1.29 is 5.11 Å². The fraction of sp³-hybridized carbons (Fsp3) is 0.556. The molecule has 1 aliphatic carbocycles. The maximum Gasteiger partial charge on any atom is 0.0617 e. The van der Waals surface area contributed by atoms with Gasteiger partial charge in [0.15, 0.2) is 0 Å². The van der Waals surface area contributed by atoms with Crippen LogP contribution in [0.15, 0.2) is 11.4 Å². The second-order valence-electron chi connectivity index (χ2n) is 3.22. The van der Waals surface area contributed by atoms with Crippen molar-refractivity contribution in [2.24, 2.45) is 0 Å². The molecule has 1 saturated carbocycles. The molecule has 0 saturated heterocycles. The summed E-state index contributed by atoms with van der Waals surface area (Å²) in [5.74, 6) is 0.454. The third kappa shape index (κ3) is 1.10. The predicted octanol–water partition coefficient (Wildman–Crippen LogP) is 2.29. The third-order valence-corrected chi connectivity index (χ3v) is 3.63. The summed E-state index contributed by atoms with van der Waals surface area (Å²) < 4.78 is 0. The van der Waals surface area contributed by atoms with Crippen molar-refractivity contribution in [3.8, 4) is 0 Å². The van der Waals surface area contributed by atoms with E-state index in [0.717, 1.165) is 6.42 Å². The molecule has 0 aromatic carbocycles. The Bertz CT molecular complexity index is 254. The number of aliphatic hydroxyl groups excluding tert-OH is 1. The minimum atomic E-state index is -0.0626. The van der Waals surface area contributed by atoms with Gasteiger partial charge in [-0.15, -0.1) is 11.3 Å². The van der Waals surface area contributed by atoms with Gasteiger partial charge in [0, 0.05) is 10.8 Å². The van der Waals surface area contributed by atoms with Gasteiger partial charge in [-0.1, -0.05) is 0 Å². The molecule has 2 rings (SSSR count). The summed E-state index contributed by atoms with van der Waals surface area (Å²) in [6.07, 6.45) is 2.09. The Morgan fingerprint density at radius 1 is 1.55 bits per heavy atom. The molecule has 2 heteroatoms. The topological polar surface area (TPSA) is 20.2 Å². The molecule has 1 aliphatic rings. The van der Waals surface area contributed by atoms with Gasteiger partial charge in [-0.05, 0) is 36.8 Å². The number of rotatable bonds is 1. The highest BCUT2D eigenvalue weighted by Gasteiger charge is 2.31. The Hall–Kier alpha value is -0.340. The Balaban J connectivity index is 2.22. The van der Waals surface area contributed by atoms with Crippen LogP contribution in [0.3, 0.4) is 0 Å². The third-order valence-electron chi connectivity index (χ3n) is 2.48. The van der Waals surface area contributed by atoms with Crippen molar-refractivity contribution in [2.45, 2.75) is 31.8 Å². The molecule has 2 atom stereocenters. The van der Waals surface area contributed by atoms with Crippen LogP contribution in [0.2, 0.25) is 0 Å². The zero-order chi connectivity index (χ0) is 7.84. The zero-order valence-corrected chi connectivity index (χ0v) is 7.40. The van der Waals surface area contributed by atoms with E-state index < -0.39 is 0 Å². The lowest BCUT2D eigenvalue weighted by atomic mass is 9.80. The number of aliphatic hydroxyl groups is 1. The lowest BCUT2D eigenvalue weighted by Gasteiger charge is -2.32. The van der Waals surface area contributed by atoms with Crippen LogP contribution >= 0.6 is 11.3 Å². The summed E-state index contributed by atoms with van der Waals surface area (Å²) in [4.78, 5) is 1.39. The smallest absolute Gasteiger partial charge is 0.0617 e. The number of aryl methyl sites for hydroxylation is 1. The van der Waals surface area contributed by atoms with Crippen LogP contribution in [0, 0.1) is 6.92 Å². The quantitative estimate of drug-likeness (QED) is 0.682.